The first-order valence-electron chi connectivity index (χ1n) is 9.08. The number of carbonyl (C=O) groups excluding carboxylic acids is 2. The molecular formula is C20H25N3O3S. The number of ether oxygens (including phenoxy) is 1. The molecule has 144 valence electrons. The lowest BCUT2D eigenvalue weighted by Gasteiger charge is -2.31. The summed E-state index contributed by atoms with van der Waals surface area (Å²) in [5.41, 5.74) is 2.55. The van der Waals surface area contributed by atoms with Crippen LogP contribution in [0.2, 0.25) is 0 Å². The predicted octanol–water partition coefficient (Wildman–Crippen LogP) is 2.83. The second-order valence-corrected chi connectivity index (χ2v) is 7.90. The van der Waals surface area contributed by atoms with Crippen molar-refractivity contribution in [2.45, 2.75) is 25.9 Å². The monoisotopic (exact) mass is 387 g/mol. The minimum absolute atomic E-state index is 0.0931. The van der Waals surface area contributed by atoms with Crippen molar-refractivity contribution < 1.29 is 14.3 Å². The molecule has 0 unspecified atom stereocenters. The van der Waals surface area contributed by atoms with E-state index >= 15 is 0 Å². The number of likely N-dealkylation sites (tertiary alicyclic amines) is 1. The average molecular weight is 388 g/mol. The molecule has 0 atom stereocenters. The highest BCUT2D eigenvalue weighted by atomic mass is 32.1. The first kappa shape index (κ1) is 19.5. The second-order valence-electron chi connectivity index (χ2n) is 7.04. The van der Waals surface area contributed by atoms with E-state index in [9.17, 15) is 9.59 Å². The number of esters is 1. The summed E-state index contributed by atoms with van der Waals surface area (Å²) in [6.45, 7) is 3.92. The highest BCUT2D eigenvalue weighted by Crippen LogP contribution is 2.24. The van der Waals surface area contributed by atoms with Gasteiger partial charge in [-0.1, -0.05) is 12.1 Å². The van der Waals surface area contributed by atoms with E-state index < -0.39 is 0 Å². The van der Waals surface area contributed by atoms with Crippen LogP contribution in [-0.4, -0.2) is 66.5 Å². The molecule has 2 aromatic rings. The summed E-state index contributed by atoms with van der Waals surface area (Å²) in [6, 6.07) is 7.40. The number of nitrogens with zero attached hydrogens (tertiary/aromatic N) is 3. The summed E-state index contributed by atoms with van der Waals surface area (Å²) in [5.74, 6) is -0.194. The maximum absolute atomic E-state index is 12.4. The van der Waals surface area contributed by atoms with Gasteiger partial charge in [0.2, 0.25) is 5.91 Å². The number of amides is 1. The van der Waals surface area contributed by atoms with E-state index in [4.69, 9.17) is 4.74 Å². The van der Waals surface area contributed by atoms with Gasteiger partial charge in [-0.15, -0.1) is 11.3 Å². The number of thiazole rings is 1. The molecule has 1 aromatic heterocycles. The Morgan fingerprint density at radius 1 is 1.22 bits per heavy atom. The Labute approximate surface area is 163 Å². The Hall–Kier alpha value is -2.25. The molecule has 7 heteroatoms. The SMILES string of the molecule is Cc1csc(-c2ccc(C(=O)OC3CCN(CC(=O)N(C)C)CC3)cc2)n1. The lowest BCUT2D eigenvalue weighted by Crippen LogP contribution is -2.43. The zero-order valence-electron chi connectivity index (χ0n) is 16.0. The smallest absolute Gasteiger partial charge is 0.338 e. The van der Waals surface area contributed by atoms with Crippen LogP contribution in [0.3, 0.4) is 0 Å². The van der Waals surface area contributed by atoms with E-state index in [0.717, 1.165) is 42.2 Å². The minimum Gasteiger partial charge on any atom is -0.459 e. The molecule has 1 aliphatic rings. The minimum atomic E-state index is -0.292. The topological polar surface area (TPSA) is 62.7 Å². The average Bonchev–Trinajstić information content (AvgIpc) is 3.09. The molecule has 0 N–H and O–H groups in total. The Kier molecular flexibility index (Phi) is 6.23. The maximum Gasteiger partial charge on any atom is 0.338 e. The van der Waals surface area contributed by atoms with Crippen LogP contribution in [0, 0.1) is 6.92 Å². The maximum atomic E-state index is 12.4. The van der Waals surface area contributed by atoms with E-state index in [-0.39, 0.29) is 18.0 Å². The molecule has 3 rings (SSSR count). The second kappa shape index (κ2) is 8.63. The molecule has 1 saturated heterocycles. The number of hydrogen-bond acceptors (Lipinski definition) is 6. The highest BCUT2D eigenvalue weighted by Gasteiger charge is 2.24. The summed E-state index contributed by atoms with van der Waals surface area (Å²) in [4.78, 5) is 32.4. The van der Waals surface area contributed by atoms with Gasteiger partial charge in [0.15, 0.2) is 0 Å². The first-order chi connectivity index (χ1) is 12.9. The fraction of sp³-hybridized carbons (Fsp3) is 0.450. The van der Waals surface area contributed by atoms with Crippen molar-refractivity contribution >= 4 is 23.2 Å². The summed E-state index contributed by atoms with van der Waals surface area (Å²) in [6.07, 6.45) is 1.41. The van der Waals surface area contributed by atoms with Gasteiger partial charge in [0.1, 0.15) is 11.1 Å². The molecule has 1 aromatic carbocycles. The van der Waals surface area contributed by atoms with Gasteiger partial charge >= 0.3 is 5.97 Å². The number of benzene rings is 1. The largest absolute Gasteiger partial charge is 0.459 e. The molecule has 0 radical (unpaired) electrons. The van der Waals surface area contributed by atoms with Gasteiger partial charge in [-0.25, -0.2) is 9.78 Å². The van der Waals surface area contributed by atoms with Crippen molar-refractivity contribution in [3.05, 3.63) is 40.9 Å². The van der Waals surface area contributed by atoms with Crippen LogP contribution in [0.25, 0.3) is 10.6 Å². The lowest BCUT2D eigenvalue weighted by atomic mass is 10.1. The number of aromatic nitrogens is 1. The highest BCUT2D eigenvalue weighted by molar-refractivity contribution is 7.13. The molecule has 1 aliphatic heterocycles. The van der Waals surface area contributed by atoms with Gasteiger partial charge in [0.05, 0.1) is 12.1 Å². The quantitative estimate of drug-likeness (QED) is 0.738. The summed E-state index contributed by atoms with van der Waals surface area (Å²) < 4.78 is 5.65. The Bertz CT molecular complexity index is 793. The molecule has 6 nitrogen and oxygen atoms in total. The number of hydrogen-bond donors (Lipinski definition) is 0. The molecule has 27 heavy (non-hydrogen) atoms. The Morgan fingerprint density at radius 3 is 2.44 bits per heavy atom. The zero-order chi connectivity index (χ0) is 19.4. The third-order valence-corrected chi connectivity index (χ3v) is 5.66. The van der Waals surface area contributed by atoms with Gasteiger partial charge in [0, 0.05) is 43.8 Å². The molecule has 1 fully saturated rings. The third kappa shape index (κ3) is 5.14. The van der Waals surface area contributed by atoms with Crippen LogP contribution in [0.1, 0.15) is 28.9 Å². The summed E-state index contributed by atoms with van der Waals surface area (Å²) in [7, 11) is 3.52. The van der Waals surface area contributed by atoms with Crippen molar-refractivity contribution in [1.29, 1.82) is 0 Å². The molecule has 0 aliphatic carbocycles. The first-order valence-corrected chi connectivity index (χ1v) is 9.96. The number of piperidine rings is 1. The van der Waals surface area contributed by atoms with Crippen LogP contribution in [-0.2, 0) is 9.53 Å². The van der Waals surface area contributed by atoms with E-state index in [2.05, 4.69) is 9.88 Å². The molecule has 2 heterocycles. The predicted molar refractivity (Wildman–Crippen MR) is 106 cm³/mol. The van der Waals surface area contributed by atoms with Crippen LogP contribution >= 0.6 is 11.3 Å². The number of likely N-dealkylation sites (N-methyl/N-ethyl adjacent to an activating group) is 1. The van der Waals surface area contributed by atoms with Crippen molar-refractivity contribution in [3.63, 3.8) is 0 Å². The number of rotatable bonds is 5. The molecule has 1 amide bonds. The van der Waals surface area contributed by atoms with E-state index in [1.807, 2.05) is 24.4 Å². The van der Waals surface area contributed by atoms with Crippen molar-refractivity contribution in [2.75, 3.05) is 33.7 Å². The third-order valence-electron chi connectivity index (χ3n) is 4.65. The van der Waals surface area contributed by atoms with Gasteiger partial charge in [-0.2, -0.15) is 0 Å². The molecule has 0 spiro atoms. The van der Waals surface area contributed by atoms with E-state index in [1.165, 1.54) is 0 Å². The number of aryl methyl sites for hydroxylation is 1. The summed E-state index contributed by atoms with van der Waals surface area (Å²) in [5, 5.41) is 2.96. The van der Waals surface area contributed by atoms with Crippen molar-refractivity contribution in [1.82, 2.24) is 14.8 Å². The Balaban J connectivity index is 1.50. The van der Waals surface area contributed by atoms with Crippen LogP contribution in [0.5, 0.6) is 0 Å². The molecule has 0 bridgehead atoms. The fourth-order valence-electron chi connectivity index (χ4n) is 2.97. The molecular weight excluding hydrogens is 362 g/mol. The van der Waals surface area contributed by atoms with Gasteiger partial charge in [-0.05, 0) is 31.9 Å². The summed E-state index contributed by atoms with van der Waals surface area (Å²) >= 11 is 1.59. The van der Waals surface area contributed by atoms with Crippen LogP contribution < -0.4 is 0 Å². The fourth-order valence-corrected chi connectivity index (χ4v) is 3.78. The standard InChI is InChI=1S/C20H25N3O3S/c1-14-13-27-19(21-14)15-4-6-16(7-5-15)20(25)26-17-8-10-23(11-9-17)12-18(24)22(2)3/h4-7,13,17H,8-12H2,1-3H3. The van der Waals surface area contributed by atoms with Gasteiger partial charge in [-0.3, -0.25) is 9.69 Å². The Morgan fingerprint density at radius 2 is 1.89 bits per heavy atom. The van der Waals surface area contributed by atoms with Gasteiger partial charge < -0.3 is 9.64 Å². The number of carbonyl (C=O) groups is 2. The lowest BCUT2D eigenvalue weighted by molar-refractivity contribution is -0.130. The van der Waals surface area contributed by atoms with E-state index in [0.29, 0.717) is 12.1 Å². The molecule has 0 saturated carbocycles. The van der Waals surface area contributed by atoms with E-state index in [1.54, 1.807) is 42.5 Å². The van der Waals surface area contributed by atoms with Crippen LogP contribution in [0.4, 0.5) is 0 Å². The normalized spacial score (nSPS) is 15.5. The van der Waals surface area contributed by atoms with Crippen molar-refractivity contribution in [2.24, 2.45) is 0 Å². The zero-order valence-corrected chi connectivity index (χ0v) is 16.8. The van der Waals surface area contributed by atoms with Crippen molar-refractivity contribution in [3.8, 4) is 10.6 Å². The van der Waals surface area contributed by atoms with Gasteiger partial charge in [0.25, 0.3) is 0 Å². The van der Waals surface area contributed by atoms with Crippen LogP contribution in [0.15, 0.2) is 29.6 Å².